The highest BCUT2D eigenvalue weighted by Crippen LogP contribution is 2.30. The van der Waals surface area contributed by atoms with E-state index >= 15 is 0 Å². The van der Waals surface area contributed by atoms with Gasteiger partial charge >= 0.3 is 6.03 Å². The molecule has 1 saturated carbocycles. The molecule has 0 spiro atoms. The van der Waals surface area contributed by atoms with Crippen LogP contribution in [0.2, 0.25) is 0 Å². The molecule has 23 heavy (non-hydrogen) atoms. The van der Waals surface area contributed by atoms with E-state index in [9.17, 15) is 9.59 Å². The summed E-state index contributed by atoms with van der Waals surface area (Å²) in [5.41, 5.74) is 2.31. The van der Waals surface area contributed by atoms with Crippen LogP contribution in [0.4, 0.5) is 16.2 Å². The molecule has 118 valence electrons. The molecule has 2 aromatic rings. The van der Waals surface area contributed by atoms with Gasteiger partial charge in [-0.1, -0.05) is 12.1 Å². The molecule has 1 aromatic carbocycles. The Hall–Kier alpha value is -2.89. The van der Waals surface area contributed by atoms with Crippen molar-refractivity contribution in [3.05, 3.63) is 54.4 Å². The summed E-state index contributed by atoms with van der Waals surface area (Å²) in [5, 5.41) is 8.37. The van der Waals surface area contributed by atoms with E-state index in [1.54, 1.807) is 24.5 Å². The maximum atomic E-state index is 11.8. The Morgan fingerprint density at radius 2 is 1.91 bits per heavy atom. The summed E-state index contributed by atoms with van der Waals surface area (Å²) in [5.74, 6) is 0.242. The summed E-state index contributed by atoms with van der Waals surface area (Å²) in [6.45, 7) is 0.374. The number of hydrogen-bond acceptors (Lipinski definition) is 3. The van der Waals surface area contributed by atoms with Gasteiger partial charge in [0.2, 0.25) is 5.91 Å². The lowest BCUT2D eigenvalue weighted by atomic mass is 10.2. The molecule has 0 saturated heterocycles. The number of carbonyl (C=O) groups excluding carboxylic acids is 2. The molecule has 1 aliphatic carbocycles. The van der Waals surface area contributed by atoms with E-state index < -0.39 is 0 Å². The number of anilines is 2. The standard InChI is InChI=1S/C17H18N4O2/c22-16(13-6-7-13)20-14-4-1-3-12(9-14)10-19-17(23)21-15-5-2-8-18-11-15/h1-5,8-9,11,13H,6-7,10H2,(H,20,22)(H2,19,21,23). The van der Waals surface area contributed by atoms with Crippen molar-refractivity contribution in [1.29, 1.82) is 0 Å². The molecule has 1 heterocycles. The number of benzene rings is 1. The fraction of sp³-hybridized carbons (Fsp3) is 0.235. The number of rotatable bonds is 5. The van der Waals surface area contributed by atoms with Crippen molar-refractivity contribution in [2.75, 3.05) is 10.6 Å². The van der Waals surface area contributed by atoms with Crippen molar-refractivity contribution >= 4 is 23.3 Å². The summed E-state index contributed by atoms with van der Waals surface area (Å²) in [6.07, 6.45) is 5.17. The summed E-state index contributed by atoms with van der Waals surface area (Å²) < 4.78 is 0. The number of urea groups is 1. The molecule has 1 fully saturated rings. The molecule has 6 heteroatoms. The van der Waals surface area contributed by atoms with E-state index in [0.717, 1.165) is 24.1 Å². The molecule has 3 rings (SSSR count). The average molecular weight is 310 g/mol. The minimum atomic E-state index is -0.301. The molecule has 1 aromatic heterocycles. The van der Waals surface area contributed by atoms with Crippen LogP contribution < -0.4 is 16.0 Å². The molecule has 0 unspecified atom stereocenters. The molecule has 0 atom stereocenters. The first-order chi connectivity index (χ1) is 11.2. The van der Waals surface area contributed by atoms with Crippen molar-refractivity contribution < 1.29 is 9.59 Å². The van der Waals surface area contributed by atoms with Gasteiger partial charge in [0.15, 0.2) is 0 Å². The second-order valence-corrected chi connectivity index (χ2v) is 5.51. The van der Waals surface area contributed by atoms with Crippen LogP contribution >= 0.6 is 0 Å². The Labute approximate surface area is 134 Å². The van der Waals surface area contributed by atoms with E-state index in [4.69, 9.17) is 0 Å². The molecule has 1 aliphatic rings. The monoisotopic (exact) mass is 310 g/mol. The van der Waals surface area contributed by atoms with Crippen LogP contribution in [0.25, 0.3) is 0 Å². The lowest BCUT2D eigenvalue weighted by Crippen LogP contribution is -2.28. The molecular formula is C17H18N4O2. The molecular weight excluding hydrogens is 292 g/mol. The second kappa shape index (κ2) is 6.91. The van der Waals surface area contributed by atoms with Crippen LogP contribution in [0.1, 0.15) is 18.4 Å². The van der Waals surface area contributed by atoms with Crippen molar-refractivity contribution in [1.82, 2.24) is 10.3 Å². The number of hydrogen-bond donors (Lipinski definition) is 3. The third kappa shape index (κ3) is 4.54. The number of nitrogens with zero attached hydrogens (tertiary/aromatic N) is 1. The molecule has 0 aliphatic heterocycles. The average Bonchev–Trinajstić information content (AvgIpc) is 3.39. The topological polar surface area (TPSA) is 83.1 Å². The predicted molar refractivity (Wildman–Crippen MR) is 87.9 cm³/mol. The third-order valence-corrected chi connectivity index (χ3v) is 3.52. The SMILES string of the molecule is O=C(NCc1cccc(NC(=O)C2CC2)c1)Nc1cccnc1. The maximum absolute atomic E-state index is 11.8. The summed E-state index contributed by atoms with van der Waals surface area (Å²) in [4.78, 5) is 27.5. The predicted octanol–water partition coefficient (Wildman–Crippen LogP) is 2.75. The van der Waals surface area contributed by atoms with Gasteiger partial charge in [-0.25, -0.2) is 4.79 Å². The van der Waals surface area contributed by atoms with Gasteiger partial charge in [0.25, 0.3) is 0 Å². The van der Waals surface area contributed by atoms with Crippen LogP contribution in [0.15, 0.2) is 48.8 Å². The van der Waals surface area contributed by atoms with Gasteiger partial charge in [0.1, 0.15) is 0 Å². The normalized spacial score (nSPS) is 13.2. The van der Waals surface area contributed by atoms with Crippen molar-refractivity contribution in [3.63, 3.8) is 0 Å². The lowest BCUT2D eigenvalue weighted by Gasteiger charge is -2.09. The number of carbonyl (C=O) groups is 2. The minimum Gasteiger partial charge on any atom is -0.334 e. The largest absolute Gasteiger partial charge is 0.334 e. The van der Waals surface area contributed by atoms with Crippen molar-refractivity contribution in [2.24, 2.45) is 5.92 Å². The van der Waals surface area contributed by atoms with Gasteiger partial charge in [-0.2, -0.15) is 0 Å². The van der Waals surface area contributed by atoms with Crippen LogP contribution in [0, 0.1) is 5.92 Å². The van der Waals surface area contributed by atoms with Crippen LogP contribution in [-0.2, 0) is 11.3 Å². The highest BCUT2D eigenvalue weighted by molar-refractivity contribution is 5.94. The fourth-order valence-electron chi connectivity index (χ4n) is 2.14. The zero-order valence-electron chi connectivity index (χ0n) is 12.6. The third-order valence-electron chi connectivity index (χ3n) is 3.52. The van der Waals surface area contributed by atoms with Gasteiger partial charge in [0.05, 0.1) is 11.9 Å². The highest BCUT2D eigenvalue weighted by atomic mass is 16.2. The van der Waals surface area contributed by atoms with E-state index in [0.29, 0.717) is 12.2 Å². The van der Waals surface area contributed by atoms with Gasteiger partial charge in [-0.3, -0.25) is 9.78 Å². The lowest BCUT2D eigenvalue weighted by molar-refractivity contribution is -0.117. The van der Waals surface area contributed by atoms with Crippen molar-refractivity contribution in [3.8, 4) is 0 Å². The molecule has 6 nitrogen and oxygen atoms in total. The Bertz CT molecular complexity index is 699. The first-order valence-corrected chi connectivity index (χ1v) is 7.55. The second-order valence-electron chi connectivity index (χ2n) is 5.51. The fourth-order valence-corrected chi connectivity index (χ4v) is 2.14. The smallest absolute Gasteiger partial charge is 0.319 e. The Morgan fingerprint density at radius 3 is 2.65 bits per heavy atom. The van der Waals surface area contributed by atoms with Crippen LogP contribution in [0.5, 0.6) is 0 Å². The Kier molecular flexibility index (Phi) is 4.52. The maximum Gasteiger partial charge on any atom is 0.319 e. The summed E-state index contributed by atoms with van der Waals surface area (Å²) >= 11 is 0. The molecule has 0 radical (unpaired) electrons. The number of amides is 3. The Balaban J connectivity index is 1.51. The molecule has 3 N–H and O–H groups in total. The van der Waals surface area contributed by atoms with Gasteiger partial charge in [-0.05, 0) is 42.7 Å². The minimum absolute atomic E-state index is 0.0735. The number of aromatic nitrogens is 1. The zero-order chi connectivity index (χ0) is 16.1. The molecule has 0 bridgehead atoms. The van der Waals surface area contributed by atoms with E-state index in [1.807, 2.05) is 24.3 Å². The van der Waals surface area contributed by atoms with Crippen LogP contribution in [-0.4, -0.2) is 16.9 Å². The van der Waals surface area contributed by atoms with Gasteiger partial charge < -0.3 is 16.0 Å². The first kappa shape index (κ1) is 15.0. The van der Waals surface area contributed by atoms with Gasteiger partial charge in [-0.15, -0.1) is 0 Å². The zero-order valence-corrected chi connectivity index (χ0v) is 12.6. The van der Waals surface area contributed by atoms with E-state index in [1.165, 1.54) is 0 Å². The van der Waals surface area contributed by atoms with E-state index in [-0.39, 0.29) is 17.9 Å². The number of nitrogens with one attached hydrogen (secondary N) is 3. The van der Waals surface area contributed by atoms with Crippen LogP contribution in [0.3, 0.4) is 0 Å². The van der Waals surface area contributed by atoms with Crippen molar-refractivity contribution in [2.45, 2.75) is 19.4 Å². The highest BCUT2D eigenvalue weighted by Gasteiger charge is 2.29. The molecule has 3 amide bonds. The Morgan fingerprint density at radius 1 is 1.09 bits per heavy atom. The first-order valence-electron chi connectivity index (χ1n) is 7.55. The number of pyridine rings is 1. The summed E-state index contributed by atoms with van der Waals surface area (Å²) in [6, 6.07) is 10.7. The van der Waals surface area contributed by atoms with E-state index in [2.05, 4.69) is 20.9 Å². The quantitative estimate of drug-likeness (QED) is 0.794. The van der Waals surface area contributed by atoms with Gasteiger partial charge in [0, 0.05) is 24.3 Å². The summed E-state index contributed by atoms with van der Waals surface area (Å²) in [7, 11) is 0.